The molecule has 1 heterocycles. The lowest BCUT2D eigenvalue weighted by molar-refractivity contribution is 0.0590. The third kappa shape index (κ3) is 0.919. The molecule has 3 heteroatoms. The number of urea groups is 1. The summed E-state index contributed by atoms with van der Waals surface area (Å²) >= 11 is 0. The lowest BCUT2D eigenvalue weighted by atomic mass is 9.73. The summed E-state index contributed by atoms with van der Waals surface area (Å²) in [6.07, 6.45) is 4.81. The van der Waals surface area contributed by atoms with Gasteiger partial charge in [0.25, 0.3) is 0 Å². The first-order chi connectivity index (χ1) is 5.78. The normalized spacial score (nSPS) is 26.8. The van der Waals surface area contributed by atoms with E-state index in [1.54, 1.807) is 0 Å². The highest BCUT2D eigenvalue weighted by atomic mass is 16.2. The van der Waals surface area contributed by atoms with E-state index < -0.39 is 0 Å². The number of amides is 2. The average molecular weight is 168 g/mol. The van der Waals surface area contributed by atoms with E-state index in [4.69, 9.17) is 0 Å². The summed E-state index contributed by atoms with van der Waals surface area (Å²) in [7, 11) is 0. The number of rotatable bonds is 2. The molecule has 2 fully saturated rings. The van der Waals surface area contributed by atoms with Crippen molar-refractivity contribution in [3.63, 3.8) is 0 Å². The van der Waals surface area contributed by atoms with Crippen molar-refractivity contribution in [2.45, 2.75) is 38.1 Å². The highest BCUT2D eigenvalue weighted by molar-refractivity contribution is 5.77. The van der Waals surface area contributed by atoms with Gasteiger partial charge in [0.2, 0.25) is 0 Å². The molecule has 0 spiro atoms. The van der Waals surface area contributed by atoms with Crippen LogP contribution in [-0.2, 0) is 0 Å². The van der Waals surface area contributed by atoms with Gasteiger partial charge in [-0.15, -0.1) is 0 Å². The Hall–Kier alpha value is -0.730. The second kappa shape index (κ2) is 2.64. The molecule has 0 aromatic carbocycles. The van der Waals surface area contributed by atoms with Crippen molar-refractivity contribution in [3.05, 3.63) is 0 Å². The largest absolute Gasteiger partial charge is 0.336 e. The van der Waals surface area contributed by atoms with Gasteiger partial charge in [0, 0.05) is 18.6 Å². The lowest BCUT2D eigenvalue weighted by Crippen LogP contribution is -2.54. The Kier molecular flexibility index (Phi) is 1.74. The van der Waals surface area contributed by atoms with Gasteiger partial charge in [-0.05, 0) is 25.7 Å². The Bertz CT molecular complexity index is 193. The van der Waals surface area contributed by atoms with E-state index in [0.29, 0.717) is 0 Å². The maximum Gasteiger partial charge on any atom is 0.317 e. The van der Waals surface area contributed by atoms with Crippen LogP contribution in [0.15, 0.2) is 0 Å². The van der Waals surface area contributed by atoms with Gasteiger partial charge in [0.05, 0.1) is 0 Å². The third-order valence-electron chi connectivity index (χ3n) is 3.37. The molecule has 0 unspecified atom stereocenters. The summed E-state index contributed by atoms with van der Waals surface area (Å²) in [5.41, 5.74) is 0.237. The van der Waals surface area contributed by atoms with Gasteiger partial charge in [-0.25, -0.2) is 4.79 Å². The summed E-state index contributed by atoms with van der Waals surface area (Å²) in [6, 6.07) is 0.150. The van der Waals surface area contributed by atoms with Crippen LogP contribution in [0.1, 0.15) is 32.6 Å². The smallest absolute Gasteiger partial charge is 0.317 e. The Morgan fingerprint density at radius 1 is 1.58 bits per heavy atom. The van der Waals surface area contributed by atoms with Crippen molar-refractivity contribution >= 4 is 6.03 Å². The molecular formula is C9H16N2O. The third-order valence-corrected chi connectivity index (χ3v) is 3.37. The quantitative estimate of drug-likeness (QED) is 0.663. The van der Waals surface area contributed by atoms with Crippen molar-refractivity contribution in [3.8, 4) is 0 Å². The number of nitrogens with one attached hydrogen (secondary N) is 1. The van der Waals surface area contributed by atoms with E-state index in [1.807, 2.05) is 4.90 Å². The van der Waals surface area contributed by atoms with Crippen LogP contribution in [0.2, 0.25) is 0 Å². The Morgan fingerprint density at radius 2 is 2.33 bits per heavy atom. The van der Waals surface area contributed by atoms with Crippen LogP contribution in [-0.4, -0.2) is 29.6 Å². The molecule has 0 aromatic heterocycles. The molecule has 0 bridgehead atoms. The number of hydrogen-bond donors (Lipinski definition) is 1. The predicted molar refractivity (Wildman–Crippen MR) is 47.0 cm³/mol. The average Bonchev–Trinajstić information content (AvgIpc) is 2.36. The van der Waals surface area contributed by atoms with E-state index in [1.165, 1.54) is 19.3 Å². The fourth-order valence-corrected chi connectivity index (χ4v) is 2.32. The van der Waals surface area contributed by atoms with Gasteiger partial charge in [0.1, 0.15) is 0 Å². The van der Waals surface area contributed by atoms with Crippen LogP contribution in [0.4, 0.5) is 4.79 Å². The molecule has 2 aliphatic rings. The first kappa shape index (κ1) is 7.90. The van der Waals surface area contributed by atoms with Crippen molar-refractivity contribution in [2.75, 3.05) is 13.1 Å². The van der Waals surface area contributed by atoms with Crippen LogP contribution in [0.5, 0.6) is 0 Å². The molecule has 1 saturated heterocycles. The topological polar surface area (TPSA) is 32.3 Å². The molecule has 0 aromatic rings. The number of carbonyl (C=O) groups excluding carboxylic acids is 1. The van der Waals surface area contributed by atoms with Gasteiger partial charge < -0.3 is 10.2 Å². The zero-order chi connectivity index (χ0) is 8.60. The summed E-state index contributed by atoms with van der Waals surface area (Å²) < 4.78 is 0. The van der Waals surface area contributed by atoms with Gasteiger partial charge in [0.15, 0.2) is 0 Å². The highest BCUT2D eigenvalue weighted by Gasteiger charge is 2.44. The first-order valence-electron chi connectivity index (χ1n) is 4.84. The van der Waals surface area contributed by atoms with E-state index in [2.05, 4.69) is 12.2 Å². The molecule has 1 aliphatic heterocycles. The minimum Gasteiger partial charge on any atom is -0.336 e. The van der Waals surface area contributed by atoms with Gasteiger partial charge in [-0.2, -0.15) is 0 Å². The van der Waals surface area contributed by atoms with E-state index >= 15 is 0 Å². The molecular weight excluding hydrogens is 152 g/mol. The molecule has 1 N–H and O–H groups in total. The summed E-state index contributed by atoms with van der Waals surface area (Å²) in [5.74, 6) is 0. The molecule has 2 rings (SSSR count). The fourth-order valence-electron chi connectivity index (χ4n) is 2.32. The molecule has 1 saturated carbocycles. The second-order valence-corrected chi connectivity index (χ2v) is 3.82. The summed E-state index contributed by atoms with van der Waals surface area (Å²) in [6.45, 7) is 3.93. The first-order valence-corrected chi connectivity index (χ1v) is 4.84. The minimum absolute atomic E-state index is 0.150. The fraction of sp³-hybridized carbons (Fsp3) is 0.889. The lowest BCUT2D eigenvalue weighted by Gasteiger charge is -2.47. The maximum atomic E-state index is 11.4. The predicted octanol–water partition coefficient (Wildman–Crippen LogP) is 1.34. The van der Waals surface area contributed by atoms with Gasteiger partial charge in [-0.3, -0.25) is 0 Å². The van der Waals surface area contributed by atoms with Gasteiger partial charge >= 0.3 is 6.03 Å². The van der Waals surface area contributed by atoms with Crippen LogP contribution in [0.3, 0.4) is 0 Å². The summed E-state index contributed by atoms with van der Waals surface area (Å²) in [5, 5.41) is 2.86. The van der Waals surface area contributed by atoms with Crippen LogP contribution >= 0.6 is 0 Å². The molecule has 1 aliphatic carbocycles. The number of carbonyl (C=O) groups is 1. The Balaban J connectivity index is 2.10. The SMILES string of the molecule is CCC1(N2CCNC2=O)CCC1. The van der Waals surface area contributed by atoms with Gasteiger partial charge in [-0.1, -0.05) is 6.92 Å². The van der Waals surface area contributed by atoms with E-state index in [0.717, 1.165) is 19.5 Å². The minimum atomic E-state index is 0.150. The van der Waals surface area contributed by atoms with Crippen LogP contribution in [0.25, 0.3) is 0 Å². The molecule has 3 nitrogen and oxygen atoms in total. The van der Waals surface area contributed by atoms with Crippen LogP contribution in [0, 0.1) is 0 Å². The highest BCUT2D eigenvalue weighted by Crippen LogP contribution is 2.40. The second-order valence-electron chi connectivity index (χ2n) is 3.82. The monoisotopic (exact) mass is 168 g/mol. The number of nitrogens with zero attached hydrogens (tertiary/aromatic N) is 1. The van der Waals surface area contributed by atoms with Crippen molar-refractivity contribution in [1.82, 2.24) is 10.2 Å². The standard InChI is InChI=1S/C9H16N2O/c1-2-9(4-3-5-9)11-7-6-10-8(11)12/h2-7H2,1H3,(H,10,12). The molecule has 12 heavy (non-hydrogen) atoms. The van der Waals surface area contributed by atoms with E-state index in [9.17, 15) is 4.79 Å². The van der Waals surface area contributed by atoms with Crippen molar-refractivity contribution < 1.29 is 4.79 Å². The zero-order valence-corrected chi connectivity index (χ0v) is 7.60. The molecule has 2 amide bonds. The maximum absolute atomic E-state index is 11.4. The van der Waals surface area contributed by atoms with Crippen molar-refractivity contribution in [1.29, 1.82) is 0 Å². The Labute approximate surface area is 73.1 Å². The van der Waals surface area contributed by atoms with Crippen LogP contribution < -0.4 is 5.32 Å². The van der Waals surface area contributed by atoms with E-state index in [-0.39, 0.29) is 11.6 Å². The number of hydrogen-bond acceptors (Lipinski definition) is 1. The molecule has 68 valence electrons. The zero-order valence-electron chi connectivity index (χ0n) is 7.60. The molecule has 0 radical (unpaired) electrons. The molecule has 0 atom stereocenters. The Morgan fingerprint density at radius 3 is 2.67 bits per heavy atom. The summed E-state index contributed by atoms with van der Waals surface area (Å²) in [4.78, 5) is 13.4. The van der Waals surface area contributed by atoms with Crippen molar-refractivity contribution in [2.24, 2.45) is 0 Å².